The maximum Gasteiger partial charge on any atom is 0.239 e. The zero-order valence-electron chi connectivity index (χ0n) is 13.1. The minimum Gasteiger partial charge on any atom is -0.338 e. The van der Waals surface area contributed by atoms with Gasteiger partial charge in [-0.2, -0.15) is 4.98 Å². The van der Waals surface area contributed by atoms with Crippen molar-refractivity contribution in [2.24, 2.45) is 0 Å². The van der Waals surface area contributed by atoms with Crippen LogP contribution in [0.2, 0.25) is 0 Å². The molecule has 0 aliphatic carbocycles. The van der Waals surface area contributed by atoms with Gasteiger partial charge in [0.05, 0.1) is 16.3 Å². The van der Waals surface area contributed by atoms with Crippen LogP contribution in [-0.4, -0.2) is 20.1 Å². The van der Waals surface area contributed by atoms with Gasteiger partial charge in [0.1, 0.15) is 0 Å². The Morgan fingerprint density at radius 3 is 2.52 bits per heavy atom. The van der Waals surface area contributed by atoms with E-state index in [1.807, 2.05) is 27.7 Å². The summed E-state index contributed by atoms with van der Waals surface area (Å²) in [4.78, 5) is 11.6. The lowest BCUT2D eigenvalue weighted by atomic mass is 9.96. The number of H-pyrrole nitrogens is 1. The molecule has 1 unspecified atom stereocenters. The van der Waals surface area contributed by atoms with Gasteiger partial charge in [0.2, 0.25) is 5.89 Å². The summed E-state index contributed by atoms with van der Waals surface area (Å²) < 4.78 is 31.8. The van der Waals surface area contributed by atoms with Crippen LogP contribution >= 0.6 is 11.8 Å². The highest BCUT2D eigenvalue weighted by atomic mass is 32.2. The van der Waals surface area contributed by atoms with Gasteiger partial charge in [0, 0.05) is 17.5 Å². The van der Waals surface area contributed by atoms with Gasteiger partial charge in [0.15, 0.2) is 22.6 Å². The normalized spacial score (nSPS) is 13.7. The zero-order chi connectivity index (χ0) is 16.8. The number of hydrogen-bond donors (Lipinski definition) is 1. The summed E-state index contributed by atoms with van der Waals surface area (Å²) in [5.41, 5.74) is 0.625. The average molecular weight is 338 g/mol. The molecule has 0 fully saturated rings. The van der Waals surface area contributed by atoms with Crippen LogP contribution in [0.25, 0.3) is 11.0 Å². The van der Waals surface area contributed by atoms with Crippen molar-refractivity contribution in [1.29, 1.82) is 0 Å². The predicted molar refractivity (Wildman–Crippen MR) is 83.3 cm³/mol. The van der Waals surface area contributed by atoms with E-state index >= 15 is 0 Å². The third-order valence-corrected chi connectivity index (χ3v) is 4.22. The molecule has 1 atom stereocenters. The Hall–Kier alpha value is -1.96. The maximum absolute atomic E-state index is 13.2. The molecule has 0 aliphatic rings. The van der Waals surface area contributed by atoms with Crippen LogP contribution in [0.15, 0.2) is 21.8 Å². The third kappa shape index (κ3) is 3.21. The van der Waals surface area contributed by atoms with E-state index in [0.717, 1.165) is 12.1 Å². The number of halogens is 2. The fourth-order valence-electron chi connectivity index (χ4n) is 1.96. The molecule has 2 aromatic heterocycles. The van der Waals surface area contributed by atoms with Crippen LogP contribution in [0.3, 0.4) is 0 Å². The molecule has 1 N–H and O–H groups in total. The molecule has 2 heterocycles. The van der Waals surface area contributed by atoms with E-state index in [9.17, 15) is 8.78 Å². The lowest BCUT2D eigenvalue weighted by Gasteiger charge is -2.11. The summed E-state index contributed by atoms with van der Waals surface area (Å²) in [7, 11) is 0. The summed E-state index contributed by atoms with van der Waals surface area (Å²) in [5, 5.41) is 4.38. The Morgan fingerprint density at radius 2 is 1.87 bits per heavy atom. The molecule has 122 valence electrons. The number of imidazole rings is 1. The van der Waals surface area contributed by atoms with E-state index in [1.54, 1.807) is 0 Å². The molecule has 0 radical (unpaired) electrons. The van der Waals surface area contributed by atoms with Crippen molar-refractivity contribution in [3.8, 4) is 0 Å². The Bertz CT molecular complexity index is 814. The van der Waals surface area contributed by atoms with Gasteiger partial charge in [-0.05, 0) is 6.92 Å². The number of hydrogen-bond acceptors (Lipinski definition) is 5. The molecule has 0 saturated heterocycles. The highest BCUT2D eigenvalue weighted by Gasteiger charge is 2.24. The van der Waals surface area contributed by atoms with Crippen LogP contribution in [0.4, 0.5) is 8.78 Å². The molecular weight excluding hydrogens is 322 g/mol. The number of nitrogens with zero attached hydrogens (tertiary/aromatic N) is 3. The number of benzene rings is 1. The van der Waals surface area contributed by atoms with E-state index in [-0.39, 0.29) is 10.7 Å². The van der Waals surface area contributed by atoms with Crippen molar-refractivity contribution in [2.45, 2.75) is 43.5 Å². The highest BCUT2D eigenvalue weighted by Crippen LogP contribution is 2.34. The van der Waals surface area contributed by atoms with Gasteiger partial charge < -0.3 is 9.51 Å². The second-order valence-electron chi connectivity index (χ2n) is 6.29. The van der Waals surface area contributed by atoms with Gasteiger partial charge in [-0.3, -0.25) is 0 Å². The monoisotopic (exact) mass is 338 g/mol. The fraction of sp³-hybridized carbons (Fsp3) is 0.400. The first kappa shape index (κ1) is 15.9. The fourth-order valence-corrected chi connectivity index (χ4v) is 2.81. The van der Waals surface area contributed by atoms with Gasteiger partial charge in [0.25, 0.3) is 0 Å². The lowest BCUT2D eigenvalue weighted by Crippen LogP contribution is -2.13. The molecule has 23 heavy (non-hydrogen) atoms. The molecule has 0 spiro atoms. The van der Waals surface area contributed by atoms with Crippen molar-refractivity contribution in [3.05, 3.63) is 35.5 Å². The van der Waals surface area contributed by atoms with Crippen molar-refractivity contribution < 1.29 is 13.3 Å². The molecule has 1 aromatic carbocycles. The Labute approximate surface area is 135 Å². The maximum atomic E-state index is 13.2. The molecule has 5 nitrogen and oxygen atoms in total. The van der Waals surface area contributed by atoms with Crippen LogP contribution in [0.5, 0.6) is 0 Å². The first-order valence-corrected chi connectivity index (χ1v) is 7.97. The van der Waals surface area contributed by atoms with Gasteiger partial charge in [-0.15, -0.1) is 0 Å². The standard InChI is InChI=1S/C15H16F2N4OS/c1-7(12-20-13(21-22-12)15(2,3)4)23-14-18-10-5-8(16)9(17)6-11(10)19-14/h5-7H,1-4H3,(H,18,19). The molecular formula is C15H16F2N4OS. The minimum absolute atomic E-state index is 0.145. The van der Waals surface area contributed by atoms with E-state index in [4.69, 9.17) is 4.52 Å². The second kappa shape index (κ2) is 5.59. The first-order valence-electron chi connectivity index (χ1n) is 7.09. The van der Waals surface area contributed by atoms with Crippen molar-refractivity contribution in [3.63, 3.8) is 0 Å². The van der Waals surface area contributed by atoms with E-state index in [1.165, 1.54) is 11.8 Å². The number of rotatable bonds is 3. The Balaban J connectivity index is 1.82. The topological polar surface area (TPSA) is 67.6 Å². The van der Waals surface area contributed by atoms with E-state index < -0.39 is 11.6 Å². The number of thioether (sulfide) groups is 1. The summed E-state index contributed by atoms with van der Waals surface area (Å²) in [6.07, 6.45) is 0. The number of nitrogens with one attached hydrogen (secondary N) is 1. The smallest absolute Gasteiger partial charge is 0.239 e. The van der Waals surface area contributed by atoms with E-state index in [0.29, 0.717) is 27.9 Å². The highest BCUT2D eigenvalue weighted by molar-refractivity contribution is 7.99. The SMILES string of the molecule is CC(Sc1nc2cc(F)c(F)cc2[nH]1)c1nc(C(C)(C)C)no1. The molecule has 0 aliphatic heterocycles. The van der Waals surface area contributed by atoms with Gasteiger partial charge >= 0.3 is 0 Å². The van der Waals surface area contributed by atoms with Crippen molar-refractivity contribution >= 4 is 22.8 Å². The third-order valence-electron chi connectivity index (χ3n) is 3.25. The minimum atomic E-state index is -0.916. The number of fused-ring (bicyclic) bond motifs is 1. The zero-order valence-corrected chi connectivity index (χ0v) is 14.0. The molecule has 0 amide bonds. The summed E-state index contributed by atoms with van der Waals surface area (Å²) in [6, 6.07) is 2.16. The summed E-state index contributed by atoms with van der Waals surface area (Å²) in [5.74, 6) is -0.704. The number of aromatic amines is 1. The quantitative estimate of drug-likeness (QED) is 0.718. The molecule has 0 saturated carbocycles. The summed E-state index contributed by atoms with van der Waals surface area (Å²) >= 11 is 1.35. The van der Waals surface area contributed by atoms with Gasteiger partial charge in [-0.25, -0.2) is 13.8 Å². The number of aromatic nitrogens is 4. The summed E-state index contributed by atoms with van der Waals surface area (Å²) in [6.45, 7) is 7.91. The first-order chi connectivity index (χ1) is 10.7. The Kier molecular flexibility index (Phi) is 3.87. The second-order valence-corrected chi connectivity index (χ2v) is 7.62. The van der Waals surface area contributed by atoms with Crippen LogP contribution in [0.1, 0.15) is 44.7 Å². The lowest BCUT2D eigenvalue weighted by molar-refractivity contribution is 0.364. The van der Waals surface area contributed by atoms with E-state index in [2.05, 4.69) is 20.1 Å². The Morgan fingerprint density at radius 1 is 1.17 bits per heavy atom. The van der Waals surface area contributed by atoms with Gasteiger partial charge in [-0.1, -0.05) is 37.7 Å². The largest absolute Gasteiger partial charge is 0.338 e. The van der Waals surface area contributed by atoms with Crippen LogP contribution < -0.4 is 0 Å². The molecule has 8 heteroatoms. The van der Waals surface area contributed by atoms with Crippen molar-refractivity contribution in [1.82, 2.24) is 20.1 Å². The van der Waals surface area contributed by atoms with Crippen molar-refractivity contribution in [2.75, 3.05) is 0 Å². The molecule has 3 aromatic rings. The molecule has 0 bridgehead atoms. The average Bonchev–Trinajstić information content (AvgIpc) is 3.05. The molecule has 3 rings (SSSR count). The van der Waals surface area contributed by atoms with Crippen LogP contribution in [-0.2, 0) is 5.41 Å². The predicted octanol–water partition coefficient (Wildman–Crippen LogP) is 4.37. The van der Waals surface area contributed by atoms with Crippen LogP contribution in [0, 0.1) is 11.6 Å².